The number of nitrogens with one attached hydrogen (secondary N) is 1. The van der Waals surface area contributed by atoms with Crippen molar-refractivity contribution in [3.05, 3.63) is 51.8 Å². The molecule has 0 aliphatic rings. The lowest BCUT2D eigenvalue weighted by Crippen LogP contribution is -1.88. The van der Waals surface area contributed by atoms with Crippen LogP contribution >= 0.6 is 11.6 Å². The Balaban J connectivity index is 2.59. The molecule has 1 aromatic carbocycles. The normalized spacial score (nSPS) is 10.2. The number of nitro groups is 1. The standard InChI is InChI=1S/C10H7ClN2O2/c11-10-9(13(14)15)8(6-12-10)7-4-2-1-3-5-7/h1-6,12H. The van der Waals surface area contributed by atoms with Gasteiger partial charge in [-0.1, -0.05) is 41.9 Å². The van der Waals surface area contributed by atoms with Gasteiger partial charge in [-0.2, -0.15) is 0 Å². The maximum atomic E-state index is 10.8. The van der Waals surface area contributed by atoms with E-state index in [1.165, 1.54) is 6.20 Å². The van der Waals surface area contributed by atoms with Gasteiger partial charge in [-0.3, -0.25) is 10.1 Å². The first-order chi connectivity index (χ1) is 7.20. The smallest absolute Gasteiger partial charge is 0.313 e. The van der Waals surface area contributed by atoms with Crippen LogP contribution in [0.3, 0.4) is 0 Å². The number of benzene rings is 1. The van der Waals surface area contributed by atoms with Gasteiger partial charge in [0.05, 0.1) is 10.5 Å². The average molecular weight is 223 g/mol. The molecule has 15 heavy (non-hydrogen) atoms. The molecule has 0 saturated heterocycles. The monoisotopic (exact) mass is 222 g/mol. The Morgan fingerprint density at radius 1 is 1.27 bits per heavy atom. The largest absolute Gasteiger partial charge is 0.346 e. The summed E-state index contributed by atoms with van der Waals surface area (Å²) in [5.41, 5.74) is 1.20. The Hall–Kier alpha value is -1.81. The lowest BCUT2D eigenvalue weighted by atomic mass is 10.1. The molecule has 4 nitrogen and oxygen atoms in total. The van der Waals surface area contributed by atoms with Crippen LogP contribution in [0, 0.1) is 10.1 Å². The van der Waals surface area contributed by atoms with E-state index in [1.807, 2.05) is 18.2 Å². The predicted octanol–water partition coefficient (Wildman–Crippen LogP) is 3.24. The first kappa shape index (κ1) is 9.73. The molecule has 0 bridgehead atoms. The van der Waals surface area contributed by atoms with Gasteiger partial charge in [0.15, 0.2) is 5.15 Å². The van der Waals surface area contributed by atoms with Gasteiger partial charge in [0, 0.05) is 6.20 Å². The molecule has 0 aliphatic carbocycles. The second-order valence-corrected chi connectivity index (χ2v) is 3.37. The molecule has 76 valence electrons. The molecular weight excluding hydrogens is 216 g/mol. The number of hydrogen-bond donors (Lipinski definition) is 1. The van der Waals surface area contributed by atoms with Gasteiger partial charge in [-0.25, -0.2) is 0 Å². The van der Waals surface area contributed by atoms with Crippen LogP contribution in [0.15, 0.2) is 36.5 Å². The SMILES string of the molecule is O=[N+]([O-])c1c(-c2ccccc2)c[nH]c1Cl. The van der Waals surface area contributed by atoms with Crippen molar-refractivity contribution in [2.24, 2.45) is 0 Å². The van der Waals surface area contributed by atoms with Crippen molar-refractivity contribution in [1.82, 2.24) is 4.98 Å². The molecule has 0 saturated carbocycles. The molecule has 1 aromatic heterocycles. The lowest BCUT2D eigenvalue weighted by Gasteiger charge is -1.96. The topological polar surface area (TPSA) is 58.9 Å². The van der Waals surface area contributed by atoms with Gasteiger partial charge in [0.1, 0.15) is 0 Å². The zero-order chi connectivity index (χ0) is 10.8. The van der Waals surface area contributed by atoms with E-state index >= 15 is 0 Å². The zero-order valence-electron chi connectivity index (χ0n) is 7.61. The lowest BCUT2D eigenvalue weighted by molar-refractivity contribution is -0.383. The summed E-state index contributed by atoms with van der Waals surface area (Å²) in [6.07, 6.45) is 1.54. The average Bonchev–Trinajstić information content (AvgIpc) is 2.61. The molecule has 0 amide bonds. The van der Waals surface area contributed by atoms with E-state index in [0.29, 0.717) is 5.56 Å². The number of aromatic nitrogens is 1. The van der Waals surface area contributed by atoms with Gasteiger partial charge < -0.3 is 4.98 Å². The van der Waals surface area contributed by atoms with E-state index in [9.17, 15) is 10.1 Å². The van der Waals surface area contributed by atoms with E-state index in [1.54, 1.807) is 12.1 Å². The predicted molar refractivity (Wildman–Crippen MR) is 57.9 cm³/mol. The summed E-state index contributed by atoms with van der Waals surface area (Å²) < 4.78 is 0. The second-order valence-electron chi connectivity index (χ2n) is 2.99. The van der Waals surface area contributed by atoms with Crippen LogP contribution in [0.4, 0.5) is 5.69 Å². The fourth-order valence-electron chi connectivity index (χ4n) is 1.41. The summed E-state index contributed by atoms with van der Waals surface area (Å²) in [7, 11) is 0. The molecule has 0 radical (unpaired) electrons. The van der Waals surface area contributed by atoms with Gasteiger partial charge in [-0.15, -0.1) is 0 Å². The van der Waals surface area contributed by atoms with Crippen LogP contribution in [-0.2, 0) is 0 Å². The number of nitrogens with zero attached hydrogens (tertiary/aromatic N) is 1. The molecule has 2 rings (SSSR count). The molecule has 0 unspecified atom stereocenters. The Kier molecular flexibility index (Phi) is 2.43. The summed E-state index contributed by atoms with van der Waals surface area (Å²) >= 11 is 5.69. The first-order valence-electron chi connectivity index (χ1n) is 4.27. The summed E-state index contributed by atoms with van der Waals surface area (Å²) in [6, 6.07) is 9.09. The van der Waals surface area contributed by atoms with Crippen molar-refractivity contribution >= 4 is 17.3 Å². The van der Waals surface area contributed by atoms with Crippen molar-refractivity contribution in [2.45, 2.75) is 0 Å². The maximum absolute atomic E-state index is 10.8. The fourth-order valence-corrected chi connectivity index (χ4v) is 1.63. The van der Waals surface area contributed by atoms with Crippen LogP contribution in [-0.4, -0.2) is 9.91 Å². The molecule has 5 heteroatoms. The second kappa shape index (κ2) is 3.74. The summed E-state index contributed by atoms with van der Waals surface area (Å²) in [5.74, 6) is 0. The van der Waals surface area contributed by atoms with Crippen molar-refractivity contribution in [3.8, 4) is 11.1 Å². The van der Waals surface area contributed by atoms with Crippen molar-refractivity contribution < 1.29 is 4.92 Å². The van der Waals surface area contributed by atoms with E-state index in [-0.39, 0.29) is 10.8 Å². The molecule has 1 heterocycles. The zero-order valence-corrected chi connectivity index (χ0v) is 8.36. The number of aromatic amines is 1. The maximum Gasteiger partial charge on any atom is 0.313 e. The van der Waals surface area contributed by atoms with Crippen molar-refractivity contribution in [1.29, 1.82) is 0 Å². The molecule has 0 spiro atoms. The van der Waals surface area contributed by atoms with E-state index in [2.05, 4.69) is 4.98 Å². The van der Waals surface area contributed by atoms with Gasteiger partial charge in [0.2, 0.25) is 0 Å². The molecule has 1 N–H and O–H groups in total. The van der Waals surface area contributed by atoms with Gasteiger partial charge in [-0.05, 0) is 5.56 Å². The Labute approximate surface area is 90.7 Å². The summed E-state index contributed by atoms with van der Waals surface area (Å²) in [4.78, 5) is 12.9. The summed E-state index contributed by atoms with van der Waals surface area (Å²) in [5, 5.41) is 10.8. The number of hydrogen-bond acceptors (Lipinski definition) is 2. The third-order valence-electron chi connectivity index (χ3n) is 2.07. The number of halogens is 1. The van der Waals surface area contributed by atoms with E-state index in [0.717, 1.165) is 5.56 Å². The molecule has 2 aromatic rings. The van der Waals surface area contributed by atoms with Crippen LogP contribution in [0.5, 0.6) is 0 Å². The Morgan fingerprint density at radius 3 is 2.53 bits per heavy atom. The fraction of sp³-hybridized carbons (Fsp3) is 0. The van der Waals surface area contributed by atoms with E-state index in [4.69, 9.17) is 11.6 Å². The van der Waals surface area contributed by atoms with Crippen LogP contribution in [0.2, 0.25) is 5.15 Å². The van der Waals surface area contributed by atoms with Crippen LogP contribution < -0.4 is 0 Å². The third kappa shape index (κ3) is 1.71. The molecule has 0 fully saturated rings. The molecule has 0 atom stereocenters. The highest BCUT2D eigenvalue weighted by atomic mass is 35.5. The van der Waals surface area contributed by atoms with Gasteiger partial charge >= 0.3 is 5.69 Å². The number of H-pyrrole nitrogens is 1. The Bertz CT molecular complexity index is 493. The first-order valence-corrected chi connectivity index (χ1v) is 4.64. The van der Waals surface area contributed by atoms with Crippen LogP contribution in [0.1, 0.15) is 0 Å². The quantitative estimate of drug-likeness (QED) is 0.626. The van der Waals surface area contributed by atoms with Gasteiger partial charge in [0.25, 0.3) is 0 Å². The summed E-state index contributed by atoms with van der Waals surface area (Å²) in [6.45, 7) is 0. The highest BCUT2D eigenvalue weighted by Crippen LogP contribution is 2.35. The minimum Gasteiger partial charge on any atom is -0.346 e. The highest BCUT2D eigenvalue weighted by molar-refractivity contribution is 6.32. The van der Waals surface area contributed by atoms with Crippen molar-refractivity contribution in [3.63, 3.8) is 0 Å². The number of rotatable bonds is 2. The van der Waals surface area contributed by atoms with Crippen LogP contribution in [0.25, 0.3) is 11.1 Å². The minimum atomic E-state index is -0.485. The van der Waals surface area contributed by atoms with Crippen molar-refractivity contribution in [2.75, 3.05) is 0 Å². The molecular formula is C10H7ClN2O2. The highest BCUT2D eigenvalue weighted by Gasteiger charge is 2.21. The third-order valence-corrected chi connectivity index (χ3v) is 2.36. The molecule has 0 aliphatic heterocycles. The Morgan fingerprint density at radius 2 is 1.93 bits per heavy atom. The minimum absolute atomic E-state index is 0.0545. The van der Waals surface area contributed by atoms with E-state index < -0.39 is 4.92 Å².